The Morgan fingerprint density at radius 1 is 1.23 bits per heavy atom. The van der Waals surface area contributed by atoms with Gasteiger partial charge in [-0.25, -0.2) is 4.98 Å². The number of anilines is 1. The molecule has 1 heterocycles. The molecule has 3 rings (SSSR count). The van der Waals surface area contributed by atoms with Crippen molar-refractivity contribution in [1.29, 1.82) is 0 Å². The molecule has 0 aliphatic rings. The molecule has 11 heteroatoms. The third kappa shape index (κ3) is 5.45. The molecule has 0 saturated carbocycles. The standard InChI is InChI=1S/C19H16ClF3N4O2S/c1-27(9-16(28)24-13-5-3-2-4-12(13)19(21,22)23)17(29)10-30-18-25-14-7-6-11(20)8-15(14)26-18/h2-8H,9-10H2,1H3,(H,24,28)(H,25,26). The fraction of sp³-hybridized carbons (Fsp3) is 0.211. The molecule has 0 aliphatic heterocycles. The maximum atomic E-state index is 13.0. The quantitative estimate of drug-likeness (QED) is 0.538. The number of nitrogens with zero attached hydrogens (tertiary/aromatic N) is 2. The summed E-state index contributed by atoms with van der Waals surface area (Å²) in [6.07, 6.45) is -4.60. The van der Waals surface area contributed by atoms with Crippen LogP contribution in [0.15, 0.2) is 47.6 Å². The van der Waals surface area contributed by atoms with Crippen molar-refractivity contribution >= 4 is 51.9 Å². The maximum absolute atomic E-state index is 13.0. The maximum Gasteiger partial charge on any atom is 0.418 e. The van der Waals surface area contributed by atoms with Gasteiger partial charge in [-0.2, -0.15) is 13.2 Å². The highest BCUT2D eigenvalue weighted by molar-refractivity contribution is 7.99. The summed E-state index contributed by atoms with van der Waals surface area (Å²) in [6.45, 7) is -0.388. The Morgan fingerprint density at radius 2 is 1.97 bits per heavy atom. The van der Waals surface area contributed by atoms with Crippen molar-refractivity contribution in [1.82, 2.24) is 14.9 Å². The molecule has 0 bridgehead atoms. The molecule has 158 valence electrons. The number of amides is 2. The van der Waals surface area contributed by atoms with Crippen LogP contribution in [0.5, 0.6) is 0 Å². The molecule has 0 aliphatic carbocycles. The fourth-order valence-electron chi connectivity index (χ4n) is 2.60. The van der Waals surface area contributed by atoms with E-state index in [1.54, 1.807) is 18.2 Å². The molecule has 1 aromatic heterocycles. The van der Waals surface area contributed by atoms with Crippen LogP contribution in [0.1, 0.15) is 5.56 Å². The Bertz CT molecular complexity index is 1090. The number of H-pyrrole nitrogens is 1. The number of likely N-dealkylation sites (N-methyl/N-ethyl adjacent to an activating group) is 1. The number of fused-ring (bicyclic) bond motifs is 1. The van der Waals surface area contributed by atoms with Gasteiger partial charge in [0.15, 0.2) is 5.16 Å². The highest BCUT2D eigenvalue weighted by atomic mass is 35.5. The van der Waals surface area contributed by atoms with Gasteiger partial charge in [-0.15, -0.1) is 0 Å². The van der Waals surface area contributed by atoms with E-state index in [1.165, 1.54) is 19.2 Å². The number of nitrogens with one attached hydrogen (secondary N) is 2. The van der Waals surface area contributed by atoms with E-state index in [4.69, 9.17) is 11.6 Å². The van der Waals surface area contributed by atoms with E-state index in [0.29, 0.717) is 15.7 Å². The second-order valence-electron chi connectivity index (χ2n) is 6.33. The van der Waals surface area contributed by atoms with Gasteiger partial charge in [-0.05, 0) is 30.3 Å². The van der Waals surface area contributed by atoms with Crippen LogP contribution in [-0.4, -0.2) is 46.0 Å². The number of rotatable bonds is 6. The second kappa shape index (κ2) is 8.97. The summed E-state index contributed by atoms with van der Waals surface area (Å²) in [5, 5.41) is 3.27. The minimum Gasteiger partial charge on any atom is -0.336 e. The number of hydrogen-bond donors (Lipinski definition) is 2. The zero-order chi connectivity index (χ0) is 21.9. The van der Waals surface area contributed by atoms with Crippen LogP contribution in [0.4, 0.5) is 18.9 Å². The second-order valence-corrected chi connectivity index (χ2v) is 7.73. The minimum atomic E-state index is -4.60. The van der Waals surface area contributed by atoms with Crippen molar-refractivity contribution in [2.75, 3.05) is 24.7 Å². The smallest absolute Gasteiger partial charge is 0.336 e. The third-order valence-corrected chi connectivity index (χ3v) is 5.16. The molecular formula is C19H16ClF3N4O2S. The van der Waals surface area contributed by atoms with Gasteiger partial charge in [-0.1, -0.05) is 35.5 Å². The molecule has 0 fully saturated rings. The lowest BCUT2D eigenvalue weighted by molar-refractivity contribution is -0.137. The summed E-state index contributed by atoms with van der Waals surface area (Å²) in [5.41, 5.74) is 0.123. The predicted molar refractivity (Wildman–Crippen MR) is 110 cm³/mol. The van der Waals surface area contributed by atoms with Gasteiger partial charge in [0, 0.05) is 12.1 Å². The lowest BCUT2D eigenvalue weighted by atomic mass is 10.1. The van der Waals surface area contributed by atoms with E-state index in [0.717, 1.165) is 34.3 Å². The molecule has 0 spiro atoms. The molecule has 2 amide bonds. The normalized spacial score (nSPS) is 11.5. The molecule has 30 heavy (non-hydrogen) atoms. The Labute approximate surface area is 178 Å². The molecule has 6 nitrogen and oxygen atoms in total. The molecule has 0 atom stereocenters. The largest absolute Gasteiger partial charge is 0.418 e. The molecule has 2 aromatic carbocycles. The van der Waals surface area contributed by atoms with E-state index >= 15 is 0 Å². The van der Waals surface area contributed by atoms with Crippen LogP contribution in [0.25, 0.3) is 11.0 Å². The first kappa shape index (κ1) is 22.0. The van der Waals surface area contributed by atoms with E-state index in [1.807, 2.05) is 0 Å². The fourth-order valence-corrected chi connectivity index (χ4v) is 3.60. The zero-order valence-electron chi connectivity index (χ0n) is 15.6. The van der Waals surface area contributed by atoms with Crippen molar-refractivity contribution in [3.63, 3.8) is 0 Å². The van der Waals surface area contributed by atoms with Crippen LogP contribution in [0, 0.1) is 0 Å². The zero-order valence-corrected chi connectivity index (χ0v) is 17.2. The first-order valence-corrected chi connectivity index (χ1v) is 9.98. The number of thioether (sulfide) groups is 1. The van der Waals surface area contributed by atoms with Gasteiger partial charge in [0.25, 0.3) is 0 Å². The number of hydrogen-bond acceptors (Lipinski definition) is 4. The van der Waals surface area contributed by atoms with Crippen molar-refractivity contribution < 1.29 is 22.8 Å². The van der Waals surface area contributed by atoms with Gasteiger partial charge >= 0.3 is 6.18 Å². The summed E-state index contributed by atoms with van der Waals surface area (Å²) < 4.78 is 39.0. The molecule has 2 N–H and O–H groups in total. The van der Waals surface area contributed by atoms with Crippen LogP contribution in [0.3, 0.4) is 0 Å². The number of alkyl halides is 3. The topological polar surface area (TPSA) is 78.1 Å². The van der Waals surface area contributed by atoms with Gasteiger partial charge in [-0.3, -0.25) is 9.59 Å². The number of carbonyl (C=O) groups excluding carboxylic acids is 2. The summed E-state index contributed by atoms with van der Waals surface area (Å²) in [5.74, 6) is -1.11. The molecule has 3 aromatic rings. The summed E-state index contributed by atoms with van der Waals surface area (Å²) in [4.78, 5) is 32.9. The average Bonchev–Trinajstić information content (AvgIpc) is 3.07. The highest BCUT2D eigenvalue weighted by Gasteiger charge is 2.33. The Kier molecular flexibility index (Phi) is 6.57. The van der Waals surface area contributed by atoms with E-state index in [-0.39, 0.29) is 23.9 Å². The number of para-hydroxylation sites is 1. The van der Waals surface area contributed by atoms with Crippen LogP contribution >= 0.6 is 23.4 Å². The molecular weight excluding hydrogens is 441 g/mol. The first-order valence-electron chi connectivity index (χ1n) is 8.61. The van der Waals surface area contributed by atoms with Crippen LogP contribution < -0.4 is 5.32 Å². The highest BCUT2D eigenvalue weighted by Crippen LogP contribution is 2.34. The summed E-state index contributed by atoms with van der Waals surface area (Å²) in [7, 11) is 1.40. The average molecular weight is 457 g/mol. The first-order chi connectivity index (χ1) is 14.1. The number of halogens is 4. The number of aromatic nitrogens is 2. The van der Waals surface area contributed by atoms with Crippen molar-refractivity contribution in [2.45, 2.75) is 11.3 Å². The van der Waals surface area contributed by atoms with E-state index < -0.39 is 17.6 Å². The molecule has 0 saturated heterocycles. The Hall–Kier alpha value is -2.72. The van der Waals surface area contributed by atoms with Gasteiger partial charge in [0.05, 0.1) is 34.6 Å². The van der Waals surface area contributed by atoms with E-state index in [2.05, 4.69) is 15.3 Å². The monoisotopic (exact) mass is 456 g/mol. The SMILES string of the molecule is CN(CC(=O)Nc1ccccc1C(F)(F)F)C(=O)CSc1nc2ccc(Cl)cc2[nH]1. The predicted octanol–water partition coefficient (Wildman–Crippen LogP) is 4.42. The summed E-state index contributed by atoms with van der Waals surface area (Å²) >= 11 is 7.07. The van der Waals surface area contributed by atoms with Gasteiger partial charge in [0.2, 0.25) is 11.8 Å². The number of imidazole rings is 1. The van der Waals surface area contributed by atoms with Crippen LogP contribution in [0.2, 0.25) is 5.02 Å². The Balaban J connectivity index is 1.55. The minimum absolute atomic E-state index is 0.00350. The third-order valence-electron chi connectivity index (χ3n) is 4.07. The summed E-state index contributed by atoms with van der Waals surface area (Å²) in [6, 6.07) is 9.82. The van der Waals surface area contributed by atoms with Crippen molar-refractivity contribution in [2.24, 2.45) is 0 Å². The van der Waals surface area contributed by atoms with Crippen LogP contribution in [-0.2, 0) is 15.8 Å². The lowest BCUT2D eigenvalue weighted by Gasteiger charge is -2.18. The molecule has 0 unspecified atom stereocenters. The Morgan fingerprint density at radius 3 is 2.70 bits per heavy atom. The lowest BCUT2D eigenvalue weighted by Crippen LogP contribution is -2.36. The number of benzene rings is 2. The van der Waals surface area contributed by atoms with Gasteiger partial charge in [0.1, 0.15) is 0 Å². The number of aromatic amines is 1. The van der Waals surface area contributed by atoms with Crippen molar-refractivity contribution in [3.8, 4) is 0 Å². The van der Waals surface area contributed by atoms with E-state index in [9.17, 15) is 22.8 Å². The van der Waals surface area contributed by atoms with Crippen molar-refractivity contribution in [3.05, 3.63) is 53.1 Å². The number of carbonyl (C=O) groups is 2. The molecule has 0 radical (unpaired) electrons. The van der Waals surface area contributed by atoms with Gasteiger partial charge < -0.3 is 15.2 Å².